The highest BCUT2D eigenvalue weighted by Gasteiger charge is 2.17. The fraction of sp³-hybridized carbons (Fsp3) is 0.385. The molecule has 0 bridgehead atoms. The van der Waals surface area contributed by atoms with E-state index in [1.807, 2.05) is 0 Å². The fourth-order valence-corrected chi connectivity index (χ4v) is 1.61. The summed E-state index contributed by atoms with van der Waals surface area (Å²) in [5.74, 6) is -0.660. The van der Waals surface area contributed by atoms with Crippen molar-refractivity contribution in [1.82, 2.24) is 0 Å². The maximum absolute atomic E-state index is 11.9. The standard InChI is InChI=1S/C13H14F2O3/c1-8(7-9(2)16)12(17)10-3-5-11(6-4-10)18-13(14)15/h3-6,8,13H,7H2,1-2H3. The van der Waals surface area contributed by atoms with Crippen molar-refractivity contribution in [3.63, 3.8) is 0 Å². The predicted molar refractivity (Wildman–Crippen MR) is 61.9 cm³/mol. The first-order valence-electron chi connectivity index (χ1n) is 5.48. The second kappa shape index (κ2) is 6.23. The van der Waals surface area contributed by atoms with E-state index in [1.165, 1.54) is 31.2 Å². The highest BCUT2D eigenvalue weighted by Crippen LogP contribution is 2.18. The van der Waals surface area contributed by atoms with Gasteiger partial charge in [0.05, 0.1) is 0 Å². The third-order valence-corrected chi connectivity index (χ3v) is 2.41. The van der Waals surface area contributed by atoms with Gasteiger partial charge in [0.1, 0.15) is 11.5 Å². The molecular formula is C13H14F2O3. The van der Waals surface area contributed by atoms with E-state index in [9.17, 15) is 18.4 Å². The molecule has 1 atom stereocenters. The van der Waals surface area contributed by atoms with Gasteiger partial charge in [0, 0.05) is 17.9 Å². The van der Waals surface area contributed by atoms with Gasteiger partial charge in [-0.1, -0.05) is 6.92 Å². The molecule has 0 aromatic heterocycles. The SMILES string of the molecule is CC(=O)CC(C)C(=O)c1ccc(OC(F)F)cc1. The van der Waals surface area contributed by atoms with Crippen molar-refractivity contribution in [2.45, 2.75) is 26.9 Å². The second-order valence-electron chi connectivity index (χ2n) is 4.07. The molecule has 98 valence electrons. The molecule has 1 rings (SSSR count). The lowest BCUT2D eigenvalue weighted by atomic mass is 9.95. The molecule has 0 amide bonds. The highest BCUT2D eigenvalue weighted by molar-refractivity contribution is 5.99. The molecule has 0 fully saturated rings. The summed E-state index contributed by atoms with van der Waals surface area (Å²) >= 11 is 0. The first-order valence-corrected chi connectivity index (χ1v) is 5.48. The Morgan fingerprint density at radius 3 is 2.22 bits per heavy atom. The maximum atomic E-state index is 11.9. The van der Waals surface area contributed by atoms with Gasteiger partial charge < -0.3 is 9.53 Å². The number of alkyl halides is 2. The molecule has 0 saturated heterocycles. The zero-order chi connectivity index (χ0) is 13.7. The van der Waals surface area contributed by atoms with Crippen molar-refractivity contribution in [3.8, 4) is 5.75 Å². The van der Waals surface area contributed by atoms with Crippen LogP contribution in [0.2, 0.25) is 0 Å². The summed E-state index contributed by atoms with van der Waals surface area (Å²) in [6, 6.07) is 5.44. The normalized spacial score (nSPS) is 12.3. The fourth-order valence-electron chi connectivity index (χ4n) is 1.61. The minimum Gasteiger partial charge on any atom is -0.435 e. The van der Waals surface area contributed by atoms with Crippen LogP contribution in [0.4, 0.5) is 8.78 Å². The molecule has 0 N–H and O–H groups in total. The van der Waals surface area contributed by atoms with E-state index in [-0.39, 0.29) is 23.7 Å². The van der Waals surface area contributed by atoms with Crippen LogP contribution >= 0.6 is 0 Å². The van der Waals surface area contributed by atoms with E-state index in [4.69, 9.17) is 0 Å². The molecule has 3 nitrogen and oxygen atoms in total. The monoisotopic (exact) mass is 256 g/mol. The van der Waals surface area contributed by atoms with Crippen LogP contribution in [0.15, 0.2) is 24.3 Å². The number of halogens is 2. The second-order valence-corrected chi connectivity index (χ2v) is 4.07. The van der Waals surface area contributed by atoms with Crippen molar-refractivity contribution >= 4 is 11.6 Å². The summed E-state index contributed by atoms with van der Waals surface area (Å²) in [6.07, 6.45) is 0.175. The number of carbonyl (C=O) groups is 2. The summed E-state index contributed by atoms with van der Waals surface area (Å²) in [5.41, 5.74) is 0.380. The van der Waals surface area contributed by atoms with E-state index in [2.05, 4.69) is 4.74 Å². The average molecular weight is 256 g/mol. The van der Waals surface area contributed by atoms with Gasteiger partial charge >= 0.3 is 6.61 Å². The molecule has 0 aliphatic carbocycles. The minimum atomic E-state index is -2.89. The number of hydrogen-bond acceptors (Lipinski definition) is 3. The molecule has 0 aliphatic heterocycles. The van der Waals surface area contributed by atoms with Crippen LogP contribution in [0.25, 0.3) is 0 Å². The van der Waals surface area contributed by atoms with Crippen LogP contribution in [0.1, 0.15) is 30.6 Å². The maximum Gasteiger partial charge on any atom is 0.387 e. The molecule has 18 heavy (non-hydrogen) atoms. The highest BCUT2D eigenvalue weighted by atomic mass is 19.3. The average Bonchev–Trinajstić information content (AvgIpc) is 2.27. The quantitative estimate of drug-likeness (QED) is 0.734. The van der Waals surface area contributed by atoms with E-state index >= 15 is 0 Å². The van der Waals surface area contributed by atoms with E-state index < -0.39 is 12.5 Å². The summed E-state index contributed by atoms with van der Waals surface area (Å²) in [6.45, 7) is 0.194. The van der Waals surface area contributed by atoms with Gasteiger partial charge in [0.2, 0.25) is 0 Å². The van der Waals surface area contributed by atoms with Crippen LogP contribution in [0.5, 0.6) is 5.75 Å². The number of ketones is 2. The van der Waals surface area contributed by atoms with Gasteiger partial charge in [-0.15, -0.1) is 0 Å². The predicted octanol–water partition coefficient (Wildman–Crippen LogP) is 3.09. The Morgan fingerprint density at radius 2 is 1.78 bits per heavy atom. The third kappa shape index (κ3) is 4.24. The molecule has 1 aromatic rings. The van der Waals surface area contributed by atoms with Crippen LogP contribution in [0, 0.1) is 5.92 Å². The summed E-state index contributed by atoms with van der Waals surface area (Å²) < 4.78 is 28.0. The van der Waals surface area contributed by atoms with Gasteiger partial charge in [0.15, 0.2) is 5.78 Å². The van der Waals surface area contributed by atoms with Crippen LogP contribution in [-0.4, -0.2) is 18.2 Å². The molecule has 0 aliphatic rings. The van der Waals surface area contributed by atoms with Gasteiger partial charge in [-0.2, -0.15) is 8.78 Å². The molecule has 0 spiro atoms. The van der Waals surface area contributed by atoms with Gasteiger partial charge in [-0.05, 0) is 31.2 Å². The summed E-state index contributed by atoms with van der Waals surface area (Å²) in [5, 5.41) is 0. The lowest BCUT2D eigenvalue weighted by Gasteiger charge is -2.09. The van der Waals surface area contributed by atoms with Crippen molar-refractivity contribution in [1.29, 1.82) is 0 Å². The lowest BCUT2D eigenvalue weighted by molar-refractivity contribution is -0.117. The Morgan fingerprint density at radius 1 is 1.22 bits per heavy atom. The Labute approximate surface area is 104 Å². The van der Waals surface area contributed by atoms with Crippen molar-refractivity contribution in [2.75, 3.05) is 0 Å². The number of carbonyl (C=O) groups excluding carboxylic acids is 2. The van der Waals surface area contributed by atoms with Gasteiger partial charge in [-0.3, -0.25) is 4.79 Å². The number of ether oxygens (including phenoxy) is 1. The summed E-state index contributed by atoms with van der Waals surface area (Å²) in [4.78, 5) is 22.8. The Bertz CT molecular complexity index is 426. The number of hydrogen-bond donors (Lipinski definition) is 0. The van der Waals surface area contributed by atoms with Crippen molar-refractivity contribution in [2.24, 2.45) is 5.92 Å². The molecular weight excluding hydrogens is 242 g/mol. The largest absolute Gasteiger partial charge is 0.435 e. The molecule has 1 aromatic carbocycles. The van der Waals surface area contributed by atoms with E-state index in [0.717, 1.165) is 0 Å². The number of rotatable bonds is 6. The van der Waals surface area contributed by atoms with Crippen LogP contribution in [0.3, 0.4) is 0 Å². The summed E-state index contributed by atoms with van der Waals surface area (Å²) in [7, 11) is 0. The number of benzene rings is 1. The Hall–Kier alpha value is -1.78. The van der Waals surface area contributed by atoms with Gasteiger partial charge in [0.25, 0.3) is 0 Å². The first-order chi connectivity index (χ1) is 8.40. The van der Waals surface area contributed by atoms with Gasteiger partial charge in [-0.25, -0.2) is 0 Å². The molecule has 1 unspecified atom stereocenters. The van der Waals surface area contributed by atoms with Crippen molar-refractivity contribution < 1.29 is 23.1 Å². The first kappa shape index (κ1) is 14.3. The zero-order valence-electron chi connectivity index (χ0n) is 10.2. The molecule has 0 heterocycles. The van der Waals surface area contributed by atoms with Crippen molar-refractivity contribution in [3.05, 3.63) is 29.8 Å². The topological polar surface area (TPSA) is 43.4 Å². The molecule has 5 heteroatoms. The van der Waals surface area contributed by atoms with E-state index in [0.29, 0.717) is 5.56 Å². The third-order valence-electron chi connectivity index (χ3n) is 2.41. The van der Waals surface area contributed by atoms with E-state index in [1.54, 1.807) is 6.92 Å². The lowest BCUT2D eigenvalue weighted by Crippen LogP contribution is -2.14. The molecule has 0 radical (unpaired) electrons. The van der Waals surface area contributed by atoms with Crippen LogP contribution in [-0.2, 0) is 4.79 Å². The molecule has 0 saturated carbocycles. The minimum absolute atomic E-state index is 0.000714. The smallest absolute Gasteiger partial charge is 0.387 e. The zero-order valence-corrected chi connectivity index (χ0v) is 10.2. The van der Waals surface area contributed by atoms with Crippen LogP contribution < -0.4 is 4.74 Å². The number of Topliss-reactive ketones (excluding diaryl/α,β-unsaturated/α-hetero) is 2. The Kier molecular flexibility index (Phi) is 4.95. The Balaban J connectivity index is 2.72.